The van der Waals surface area contributed by atoms with Crippen LogP contribution < -0.4 is 5.32 Å². The first-order valence-electron chi connectivity index (χ1n) is 4.45. The molecule has 4 nitrogen and oxygen atoms in total. The first kappa shape index (κ1) is 9.92. The number of aliphatic hydroxyl groups is 1. The highest BCUT2D eigenvalue weighted by molar-refractivity contribution is 4.68. The fraction of sp³-hybridized carbons (Fsp3) is 1.00. The van der Waals surface area contributed by atoms with Crippen molar-refractivity contribution in [2.75, 3.05) is 46.4 Å². The molecule has 0 saturated carbocycles. The van der Waals surface area contributed by atoms with Gasteiger partial charge in [0.2, 0.25) is 0 Å². The molecule has 1 aliphatic rings. The van der Waals surface area contributed by atoms with E-state index in [1.54, 1.807) is 0 Å². The van der Waals surface area contributed by atoms with E-state index in [1.807, 2.05) is 7.05 Å². The minimum atomic E-state index is -0.256. The molecular formula is C8H18N2O2. The first-order valence-corrected chi connectivity index (χ1v) is 4.45. The number of morpholine rings is 1. The molecular weight excluding hydrogens is 156 g/mol. The topological polar surface area (TPSA) is 44.7 Å². The molecule has 1 atom stereocenters. The zero-order valence-electron chi connectivity index (χ0n) is 7.62. The number of hydrogen-bond acceptors (Lipinski definition) is 4. The van der Waals surface area contributed by atoms with E-state index in [-0.39, 0.29) is 6.10 Å². The molecule has 0 radical (unpaired) electrons. The third-order valence-electron chi connectivity index (χ3n) is 2.01. The fourth-order valence-corrected chi connectivity index (χ4v) is 1.38. The number of nitrogens with zero attached hydrogens (tertiary/aromatic N) is 1. The van der Waals surface area contributed by atoms with Crippen LogP contribution in [0.15, 0.2) is 0 Å². The standard InChI is InChI=1S/C8H18N2O2/c1-9-6-8(11)7-10-2-4-12-5-3-10/h8-9,11H,2-7H2,1H3/t8-/m0/s1. The molecule has 0 bridgehead atoms. The Hall–Kier alpha value is -0.160. The third kappa shape index (κ3) is 3.49. The summed E-state index contributed by atoms with van der Waals surface area (Å²) >= 11 is 0. The number of aliphatic hydroxyl groups excluding tert-OH is 1. The summed E-state index contributed by atoms with van der Waals surface area (Å²) in [6.45, 7) is 4.90. The number of hydrogen-bond donors (Lipinski definition) is 2. The van der Waals surface area contributed by atoms with E-state index >= 15 is 0 Å². The van der Waals surface area contributed by atoms with Crippen LogP contribution in [0, 0.1) is 0 Å². The molecule has 1 heterocycles. The van der Waals surface area contributed by atoms with E-state index in [9.17, 15) is 5.11 Å². The summed E-state index contributed by atoms with van der Waals surface area (Å²) in [6.07, 6.45) is -0.256. The molecule has 1 aliphatic heterocycles. The summed E-state index contributed by atoms with van der Waals surface area (Å²) in [5, 5.41) is 12.4. The van der Waals surface area contributed by atoms with Gasteiger partial charge in [-0.2, -0.15) is 0 Å². The second-order valence-electron chi connectivity index (χ2n) is 3.12. The zero-order valence-corrected chi connectivity index (χ0v) is 7.62. The van der Waals surface area contributed by atoms with Crippen LogP contribution >= 0.6 is 0 Å². The second-order valence-corrected chi connectivity index (χ2v) is 3.12. The van der Waals surface area contributed by atoms with Crippen molar-refractivity contribution in [2.24, 2.45) is 0 Å². The van der Waals surface area contributed by atoms with Gasteiger partial charge in [0, 0.05) is 26.2 Å². The Morgan fingerprint density at radius 1 is 1.50 bits per heavy atom. The van der Waals surface area contributed by atoms with Crippen LogP contribution in [0.4, 0.5) is 0 Å². The molecule has 0 aliphatic carbocycles. The van der Waals surface area contributed by atoms with E-state index < -0.39 is 0 Å². The monoisotopic (exact) mass is 174 g/mol. The molecule has 0 aromatic rings. The lowest BCUT2D eigenvalue weighted by Crippen LogP contribution is -2.43. The van der Waals surface area contributed by atoms with Crippen LogP contribution in [-0.2, 0) is 4.74 Å². The largest absolute Gasteiger partial charge is 0.390 e. The van der Waals surface area contributed by atoms with Gasteiger partial charge in [0.1, 0.15) is 0 Å². The normalized spacial score (nSPS) is 22.5. The SMILES string of the molecule is CNC[C@H](O)CN1CCOCC1. The lowest BCUT2D eigenvalue weighted by molar-refractivity contribution is 0.0153. The van der Waals surface area contributed by atoms with Gasteiger partial charge < -0.3 is 15.2 Å². The number of likely N-dealkylation sites (N-methyl/N-ethyl adjacent to an activating group) is 1. The Morgan fingerprint density at radius 3 is 2.75 bits per heavy atom. The van der Waals surface area contributed by atoms with Crippen molar-refractivity contribution in [3.05, 3.63) is 0 Å². The Balaban J connectivity index is 2.11. The van der Waals surface area contributed by atoms with E-state index in [2.05, 4.69) is 10.2 Å². The molecule has 1 rings (SSSR count). The summed E-state index contributed by atoms with van der Waals surface area (Å²) in [5.74, 6) is 0. The van der Waals surface area contributed by atoms with Crippen molar-refractivity contribution < 1.29 is 9.84 Å². The smallest absolute Gasteiger partial charge is 0.0791 e. The molecule has 12 heavy (non-hydrogen) atoms. The first-order chi connectivity index (χ1) is 5.83. The van der Waals surface area contributed by atoms with Crippen LogP contribution in [0.25, 0.3) is 0 Å². The van der Waals surface area contributed by atoms with Crippen LogP contribution in [0.1, 0.15) is 0 Å². The summed E-state index contributed by atoms with van der Waals surface area (Å²) < 4.78 is 5.20. The summed E-state index contributed by atoms with van der Waals surface area (Å²) in [6, 6.07) is 0. The average Bonchev–Trinajstić information content (AvgIpc) is 2.06. The Bertz CT molecular complexity index is 116. The molecule has 0 aromatic carbocycles. The van der Waals surface area contributed by atoms with Gasteiger partial charge in [0.25, 0.3) is 0 Å². The third-order valence-corrected chi connectivity index (χ3v) is 2.01. The lowest BCUT2D eigenvalue weighted by atomic mass is 10.3. The molecule has 0 aromatic heterocycles. The molecule has 1 fully saturated rings. The molecule has 0 unspecified atom stereocenters. The van der Waals surface area contributed by atoms with Crippen LogP contribution in [0.5, 0.6) is 0 Å². The minimum absolute atomic E-state index is 0.256. The predicted octanol–water partition coefficient (Wildman–Crippen LogP) is -1.10. The molecule has 4 heteroatoms. The zero-order chi connectivity index (χ0) is 8.81. The molecule has 1 saturated heterocycles. The lowest BCUT2D eigenvalue weighted by Gasteiger charge is -2.28. The van der Waals surface area contributed by atoms with Gasteiger partial charge in [-0.05, 0) is 7.05 Å². The fourth-order valence-electron chi connectivity index (χ4n) is 1.38. The highest BCUT2D eigenvalue weighted by atomic mass is 16.5. The summed E-state index contributed by atoms with van der Waals surface area (Å²) in [4.78, 5) is 2.23. The van der Waals surface area contributed by atoms with Crippen LogP contribution in [-0.4, -0.2) is 62.6 Å². The maximum Gasteiger partial charge on any atom is 0.0791 e. The molecule has 0 amide bonds. The van der Waals surface area contributed by atoms with Crippen molar-refractivity contribution in [1.29, 1.82) is 0 Å². The van der Waals surface area contributed by atoms with Gasteiger partial charge in [-0.3, -0.25) is 4.90 Å². The minimum Gasteiger partial charge on any atom is -0.390 e. The molecule has 2 N–H and O–H groups in total. The predicted molar refractivity (Wildman–Crippen MR) is 47.2 cm³/mol. The van der Waals surface area contributed by atoms with E-state index in [0.717, 1.165) is 32.8 Å². The summed E-state index contributed by atoms with van der Waals surface area (Å²) in [5.41, 5.74) is 0. The van der Waals surface area contributed by atoms with Crippen molar-refractivity contribution in [3.63, 3.8) is 0 Å². The highest BCUT2D eigenvalue weighted by Gasteiger charge is 2.13. The van der Waals surface area contributed by atoms with Gasteiger partial charge >= 0.3 is 0 Å². The van der Waals surface area contributed by atoms with Gasteiger partial charge in [-0.15, -0.1) is 0 Å². The van der Waals surface area contributed by atoms with Crippen molar-refractivity contribution in [3.8, 4) is 0 Å². The summed E-state index contributed by atoms with van der Waals surface area (Å²) in [7, 11) is 1.85. The van der Waals surface area contributed by atoms with E-state index in [4.69, 9.17) is 4.74 Å². The van der Waals surface area contributed by atoms with Crippen molar-refractivity contribution in [1.82, 2.24) is 10.2 Å². The van der Waals surface area contributed by atoms with E-state index in [0.29, 0.717) is 6.54 Å². The van der Waals surface area contributed by atoms with E-state index in [1.165, 1.54) is 0 Å². The van der Waals surface area contributed by atoms with Crippen molar-refractivity contribution in [2.45, 2.75) is 6.10 Å². The van der Waals surface area contributed by atoms with Gasteiger partial charge in [0.15, 0.2) is 0 Å². The molecule has 72 valence electrons. The van der Waals surface area contributed by atoms with Crippen LogP contribution in [0.3, 0.4) is 0 Å². The van der Waals surface area contributed by atoms with Gasteiger partial charge in [-0.1, -0.05) is 0 Å². The maximum absolute atomic E-state index is 9.46. The number of rotatable bonds is 4. The number of nitrogens with one attached hydrogen (secondary N) is 1. The highest BCUT2D eigenvalue weighted by Crippen LogP contribution is 1.97. The Morgan fingerprint density at radius 2 is 2.17 bits per heavy atom. The average molecular weight is 174 g/mol. The van der Waals surface area contributed by atoms with Crippen LogP contribution in [0.2, 0.25) is 0 Å². The number of ether oxygens (including phenoxy) is 1. The quantitative estimate of drug-likeness (QED) is 0.568. The maximum atomic E-state index is 9.46. The van der Waals surface area contributed by atoms with Crippen molar-refractivity contribution >= 4 is 0 Å². The molecule has 0 spiro atoms. The number of β-amino-alcohol motifs (C(OH)–C–C–N with tert-alkyl or cyclic N) is 1. The Kier molecular flexibility index (Phi) is 4.53. The second kappa shape index (κ2) is 5.48. The van der Waals surface area contributed by atoms with Gasteiger partial charge in [0.05, 0.1) is 19.3 Å². The Labute approximate surface area is 73.5 Å². The van der Waals surface area contributed by atoms with Gasteiger partial charge in [-0.25, -0.2) is 0 Å².